The maximum atomic E-state index is 10.8. The summed E-state index contributed by atoms with van der Waals surface area (Å²) in [4.78, 5) is 10.8. The van der Waals surface area contributed by atoms with E-state index in [0.717, 1.165) is 63.8 Å². The Bertz CT molecular complexity index is 654. The fraction of sp³-hybridized carbons (Fsp3) is 0.696. The minimum absolute atomic E-state index is 0.00726. The van der Waals surface area contributed by atoms with E-state index in [0.29, 0.717) is 12.8 Å². The molecule has 0 bridgehead atoms. The molecule has 5 nitrogen and oxygen atoms in total. The molecular weight excluding hydrogens is 356 g/mol. The van der Waals surface area contributed by atoms with E-state index in [9.17, 15) is 9.90 Å². The van der Waals surface area contributed by atoms with Crippen molar-refractivity contribution in [2.45, 2.75) is 82.2 Å². The summed E-state index contributed by atoms with van der Waals surface area (Å²) in [6, 6.07) is 6.40. The number of rotatable bonds is 9. The third kappa shape index (κ3) is 4.27. The molecule has 2 fully saturated rings. The Kier molecular flexibility index (Phi) is 6.65. The first kappa shape index (κ1) is 19.9. The van der Waals surface area contributed by atoms with Gasteiger partial charge in [0, 0.05) is 37.5 Å². The van der Waals surface area contributed by atoms with Crippen molar-refractivity contribution in [2.75, 3.05) is 13.2 Å². The van der Waals surface area contributed by atoms with Crippen LogP contribution >= 0.6 is 0 Å². The van der Waals surface area contributed by atoms with Crippen LogP contribution in [-0.2, 0) is 20.7 Å². The standard InChI is InChI=1S/C23H32O5/c24-12-6-10-17-19(25)15-20-22(17)18-9-5-8-16(23(18)28-20)7-1-3-13-26-21-11-2-4-14-27-21/h5,8-9,12,17,19-22,25H,1-4,6-7,10-11,13-15H2/t17-,19+,20-,21?,22-/m1/s1. The van der Waals surface area contributed by atoms with E-state index < -0.39 is 0 Å². The predicted molar refractivity (Wildman–Crippen MR) is 105 cm³/mol. The van der Waals surface area contributed by atoms with E-state index in [1.807, 2.05) is 0 Å². The molecule has 1 saturated carbocycles. The molecule has 2 heterocycles. The summed E-state index contributed by atoms with van der Waals surface area (Å²) in [7, 11) is 0. The van der Waals surface area contributed by atoms with Gasteiger partial charge in [-0.3, -0.25) is 0 Å². The van der Waals surface area contributed by atoms with E-state index in [4.69, 9.17) is 14.2 Å². The number of fused-ring (bicyclic) bond motifs is 3. The van der Waals surface area contributed by atoms with Gasteiger partial charge in [-0.1, -0.05) is 18.2 Å². The van der Waals surface area contributed by atoms with Gasteiger partial charge in [0.25, 0.3) is 0 Å². The van der Waals surface area contributed by atoms with Crippen LogP contribution in [0.3, 0.4) is 0 Å². The number of aryl methyl sites for hydroxylation is 1. The first-order chi connectivity index (χ1) is 13.8. The van der Waals surface area contributed by atoms with Gasteiger partial charge in [0.15, 0.2) is 6.29 Å². The minimum atomic E-state index is -0.370. The highest BCUT2D eigenvalue weighted by molar-refractivity contribution is 5.51. The predicted octanol–water partition coefficient (Wildman–Crippen LogP) is 3.76. The van der Waals surface area contributed by atoms with Gasteiger partial charge in [0.2, 0.25) is 0 Å². The second-order valence-corrected chi connectivity index (χ2v) is 8.35. The molecule has 0 radical (unpaired) electrons. The van der Waals surface area contributed by atoms with Crippen LogP contribution in [0.5, 0.6) is 5.75 Å². The first-order valence-corrected chi connectivity index (χ1v) is 10.9. The molecule has 0 amide bonds. The van der Waals surface area contributed by atoms with Crippen LogP contribution in [0.1, 0.15) is 68.4 Å². The Balaban J connectivity index is 1.32. The number of aliphatic hydroxyl groups is 1. The van der Waals surface area contributed by atoms with Crippen LogP contribution in [0.2, 0.25) is 0 Å². The largest absolute Gasteiger partial charge is 0.489 e. The van der Waals surface area contributed by atoms with Crippen molar-refractivity contribution >= 4 is 6.29 Å². The molecular formula is C23H32O5. The molecule has 3 aliphatic rings. The number of aliphatic hydroxyl groups excluding tert-OH is 1. The molecule has 1 aromatic rings. The van der Waals surface area contributed by atoms with Gasteiger partial charge in [-0.05, 0) is 56.4 Å². The van der Waals surface area contributed by atoms with Crippen molar-refractivity contribution in [2.24, 2.45) is 5.92 Å². The van der Waals surface area contributed by atoms with E-state index in [-0.39, 0.29) is 30.3 Å². The number of ether oxygens (including phenoxy) is 3. The summed E-state index contributed by atoms with van der Waals surface area (Å²) in [5, 5.41) is 10.4. The quantitative estimate of drug-likeness (QED) is 0.515. The van der Waals surface area contributed by atoms with Crippen LogP contribution in [0.25, 0.3) is 0 Å². The molecule has 28 heavy (non-hydrogen) atoms. The average Bonchev–Trinajstić information content (AvgIpc) is 3.22. The minimum Gasteiger partial charge on any atom is -0.489 e. The Labute approximate surface area is 167 Å². The molecule has 2 aliphatic heterocycles. The van der Waals surface area contributed by atoms with Crippen LogP contribution in [0, 0.1) is 5.92 Å². The molecule has 154 valence electrons. The highest BCUT2D eigenvalue weighted by atomic mass is 16.7. The zero-order chi connectivity index (χ0) is 19.3. The second-order valence-electron chi connectivity index (χ2n) is 8.35. The lowest BCUT2D eigenvalue weighted by atomic mass is 9.84. The Hall–Kier alpha value is -1.43. The molecule has 0 spiro atoms. The topological polar surface area (TPSA) is 65.0 Å². The molecule has 1 aliphatic carbocycles. The van der Waals surface area contributed by atoms with Crippen LogP contribution in [0.15, 0.2) is 18.2 Å². The highest BCUT2D eigenvalue weighted by Gasteiger charge is 2.49. The molecule has 1 saturated heterocycles. The van der Waals surface area contributed by atoms with Gasteiger partial charge < -0.3 is 24.1 Å². The molecule has 0 aromatic heterocycles. The number of hydrogen-bond donors (Lipinski definition) is 1. The fourth-order valence-electron chi connectivity index (χ4n) is 5.09. The summed E-state index contributed by atoms with van der Waals surface area (Å²) in [6.07, 6.45) is 8.93. The average molecular weight is 389 g/mol. The zero-order valence-electron chi connectivity index (χ0n) is 16.6. The number of carbonyl (C=O) groups excluding carboxylic acids is 1. The molecule has 1 N–H and O–H groups in total. The van der Waals surface area contributed by atoms with Crippen molar-refractivity contribution in [1.29, 1.82) is 0 Å². The molecule has 1 unspecified atom stereocenters. The normalized spacial score (nSPS) is 31.2. The maximum absolute atomic E-state index is 10.8. The number of benzene rings is 1. The summed E-state index contributed by atoms with van der Waals surface area (Å²) < 4.78 is 17.7. The maximum Gasteiger partial charge on any atom is 0.157 e. The van der Waals surface area contributed by atoms with E-state index in [1.165, 1.54) is 17.5 Å². The van der Waals surface area contributed by atoms with Gasteiger partial charge >= 0.3 is 0 Å². The van der Waals surface area contributed by atoms with Crippen molar-refractivity contribution in [3.05, 3.63) is 29.3 Å². The number of aldehydes is 1. The summed E-state index contributed by atoms with van der Waals surface area (Å²) in [6.45, 7) is 1.56. The van der Waals surface area contributed by atoms with Gasteiger partial charge in [-0.25, -0.2) is 0 Å². The molecule has 4 rings (SSSR count). The van der Waals surface area contributed by atoms with Gasteiger partial charge in [0.05, 0.1) is 6.10 Å². The SMILES string of the molecule is O=CCC[C@H]1[C@@H]2c3cccc(CCCCOC4CCCCO4)c3O[C@@H]2C[C@@H]1O. The Morgan fingerprint density at radius 1 is 1.25 bits per heavy atom. The highest BCUT2D eigenvalue weighted by Crippen LogP contribution is 2.52. The molecule has 5 atom stereocenters. The van der Waals surface area contributed by atoms with Gasteiger partial charge in [0.1, 0.15) is 18.1 Å². The summed E-state index contributed by atoms with van der Waals surface area (Å²) in [5.74, 6) is 1.37. The number of unbranched alkanes of at least 4 members (excludes halogenated alkanes) is 1. The van der Waals surface area contributed by atoms with Crippen molar-refractivity contribution in [3.63, 3.8) is 0 Å². The monoisotopic (exact) mass is 388 g/mol. The number of hydrogen-bond acceptors (Lipinski definition) is 5. The Morgan fingerprint density at radius 2 is 2.18 bits per heavy atom. The number of para-hydroxylation sites is 1. The van der Waals surface area contributed by atoms with E-state index in [1.54, 1.807) is 0 Å². The van der Waals surface area contributed by atoms with Crippen molar-refractivity contribution < 1.29 is 24.1 Å². The fourth-order valence-corrected chi connectivity index (χ4v) is 5.09. The first-order valence-electron chi connectivity index (χ1n) is 10.9. The summed E-state index contributed by atoms with van der Waals surface area (Å²) in [5.41, 5.74) is 2.48. The third-order valence-corrected chi connectivity index (χ3v) is 6.49. The molecule has 1 aromatic carbocycles. The lowest BCUT2D eigenvalue weighted by Gasteiger charge is -2.22. The van der Waals surface area contributed by atoms with Gasteiger partial charge in [-0.15, -0.1) is 0 Å². The van der Waals surface area contributed by atoms with Crippen LogP contribution in [-0.4, -0.2) is 43.1 Å². The van der Waals surface area contributed by atoms with Crippen molar-refractivity contribution in [3.8, 4) is 5.75 Å². The zero-order valence-corrected chi connectivity index (χ0v) is 16.6. The lowest BCUT2D eigenvalue weighted by molar-refractivity contribution is -0.162. The lowest BCUT2D eigenvalue weighted by Crippen LogP contribution is -2.22. The number of carbonyl (C=O) groups is 1. The smallest absolute Gasteiger partial charge is 0.157 e. The van der Waals surface area contributed by atoms with Crippen molar-refractivity contribution in [1.82, 2.24) is 0 Å². The van der Waals surface area contributed by atoms with Gasteiger partial charge in [-0.2, -0.15) is 0 Å². The second kappa shape index (κ2) is 9.38. The summed E-state index contributed by atoms with van der Waals surface area (Å²) >= 11 is 0. The third-order valence-electron chi connectivity index (χ3n) is 6.49. The van der Waals surface area contributed by atoms with Crippen LogP contribution in [0.4, 0.5) is 0 Å². The van der Waals surface area contributed by atoms with E-state index >= 15 is 0 Å². The molecule has 5 heteroatoms. The van der Waals surface area contributed by atoms with E-state index in [2.05, 4.69) is 18.2 Å². The Morgan fingerprint density at radius 3 is 3.00 bits per heavy atom. The van der Waals surface area contributed by atoms with Crippen LogP contribution < -0.4 is 4.74 Å².